The van der Waals surface area contributed by atoms with E-state index in [-0.39, 0.29) is 18.4 Å². The number of carbonyl (C=O) groups excluding carboxylic acids is 2. The fourth-order valence-electron chi connectivity index (χ4n) is 4.42. The summed E-state index contributed by atoms with van der Waals surface area (Å²) in [6.45, 7) is 8.00. The number of carbonyl (C=O) groups is 2. The molecule has 0 fully saturated rings. The monoisotopic (exact) mass is 549 g/mol. The molecule has 3 aromatic rings. The van der Waals surface area contributed by atoms with Crippen LogP contribution >= 0.6 is 0 Å². The van der Waals surface area contributed by atoms with Crippen LogP contribution in [0.1, 0.15) is 36.1 Å². The van der Waals surface area contributed by atoms with Crippen molar-refractivity contribution in [2.24, 2.45) is 5.92 Å². The van der Waals surface area contributed by atoms with Crippen LogP contribution in [0, 0.1) is 19.8 Å². The lowest BCUT2D eigenvalue weighted by Gasteiger charge is -2.34. The second-order valence-electron chi connectivity index (χ2n) is 10.4. The number of hydrogen-bond donors (Lipinski definition) is 1. The van der Waals surface area contributed by atoms with E-state index in [4.69, 9.17) is 0 Å². The van der Waals surface area contributed by atoms with Crippen molar-refractivity contribution in [1.29, 1.82) is 0 Å². The van der Waals surface area contributed by atoms with Crippen molar-refractivity contribution in [3.8, 4) is 0 Å². The molecule has 0 aliphatic rings. The highest BCUT2D eigenvalue weighted by molar-refractivity contribution is 7.92. The van der Waals surface area contributed by atoms with Crippen molar-refractivity contribution in [1.82, 2.24) is 10.2 Å². The summed E-state index contributed by atoms with van der Waals surface area (Å²) < 4.78 is 26.9. The van der Waals surface area contributed by atoms with E-state index in [1.165, 1.54) is 4.90 Å². The zero-order chi connectivity index (χ0) is 28.6. The first kappa shape index (κ1) is 29.9. The van der Waals surface area contributed by atoms with Crippen LogP contribution in [0.4, 0.5) is 5.69 Å². The molecule has 0 saturated carbocycles. The molecule has 0 bridgehead atoms. The van der Waals surface area contributed by atoms with Gasteiger partial charge in [-0.05, 0) is 42.5 Å². The Morgan fingerprint density at radius 3 is 2.13 bits per heavy atom. The third-order valence-electron chi connectivity index (χ3n) is 6.45. The highest BCUT2D eigenvalue weighted by Crippen LogP contribution is 2.23. The number of para-hydroxylation sites is 1. The largest absolute Gasteiger partial charge is 0.354 e. The normalized spacial score (nSPS) is 12.2. The van der Waals surface area contributed by atoms with Crippen LogP contribution in [0.25, 0.3) is 0 Å². The highest BCUT2D eigenvalue weighted by Gasteiger charge is 2.33. The topological polar surface area (TPSA) is 86.8 Å². The Morgan fingerprint density at radius 2 is 1.51 bits per heavy atom. The molecule has 39 heavy (non-hydrogen) atoms. The second kappa shape index (κ2) is 13.4. The first-order chi connectivity index (χ1) is 18.5. The lowest BCUT2D eigenvalue weighted by atomic mass is 10.0. The Hall–Kier alpha value is -3.65. The van der Waals surface area contributed by atoms with Crippen molar-refractivity contribution >= 4 is 27.5 Å². The molecule has 1 N–H and O–H groups in total. The Bertz CT molecular complexity index is 1370. The lowest BCUT2D eigenvalue weighted by Crippen LogP contribution is -2.53. The van der Waals surface area contributed by atoms with Gasteiger partial charge in [0.2, 0.25) is 21.8 Å². The molecule has 0 unspecified atom stereocenters. The van der Waals surface area contributed by atoms with Gasteiger partial charge < -0.3 is 10.2 Å². The summed E-state index contributed by atoms with van der Waals surface area (Å²) in [5.41, 5.74) is 3.97. The molecule has 7 nitrogen and oxygen atoms in total. The van der Waals surface area contributed by atoms with Gasteiger partial charge >= 0.3 is 0 Å². The molecule has 3 rings (SSSR count). The summed E-state index contributed by atoms with van der Waals surface area (Å²) in [6.07, 6.45) is 1.39. The maximum absolute atomic E-state index is 14.1. The molecule has 3 aromatic carbocycles. The molecule has 0 spiro atoms. The number of anilines is 1. The lowest BCUT2D eigenvalue weighted by molar-refractivity contribution is -0.140. The smallest absolute Gasteiger partial charge is 0.244 e. The van der Waals surface area contributed by atoms with Gasteiger partial charge in [-0.2, -0.15) is 0 Å². The molecule has 0 aliphatic carbocycles. The molecule has 0 radical (unpaired) electrons. The van der Waals surface area contributed by atoms with E-state index in [1.807, 2.05) is 81.4 Å². The van der Waals surface area contributed by atoms with Crippen LogP contribution in [0.2, 0.25) is 0 Å². The maximum Gasteiger partial charge on any atom is 0.244 e. The van der Waals surface area contributed by atoms with Crippen molar-refractivity contribution in [2.75, 3.05) is 23.7 Å². The highest BCUT2D eigenvalue weighted by atomic mass is 32.2. The predicted molar refractivity (Wildman–Crippen MR) is 157 cm³/mol. The molecule has 0 aliphatic heterocycles. The zero-order valence-electron chi connectivity index (χ0n) is 23.4. The van der Waals surface area contributed by atoms with Crippen molar-refractivity contribution in [2.45, 2.75) is 46.7 Å². The Balaban J connectivity index is 2.05. The zero-order valence-corrected chi connectivity index (χ0v) is 24.2. The summed E-state index contributed by atoms with van der Waals surface area (Å²) in [6, 6.07) is 23.5. The summed E-state index contributed by atoms with van der Waals surface area (Å²) in [4.78, 5) is 29.2. The van der Waals surface area contributed by atoms with Crippen molar-refractivity contribution in [3.63, 3.8) is 0 Å². The molecule has 208 valence electrons. The minimum absolute atomic E-state index is 0.165. The number of amides is 2. The van der Waals surface area contributed by atoms with Crippen molar-refractivity contribution in [3.05, 3.63) is 101 Å². The van der Waals surface area contributed by atoms with E-state index >= 15 is 0 Å². The van der Waals surface area contributed by atoms with Crippen LogP contribution in [0.3, 0.4) is 0 Å². The molecule has 8 heteroatoms. The number of rotatable bonds is 12. The quantitative estimate of drug-likeness (QED) is 0.361. The molecular formula is C31H39N3O4S. The summed E-state index contributed by atoms with van der Waals surface area (Å²) in [5.74, 6) is -0.491. The van der Waals surface area contributed by atoms with E-state index in [2.05, 4.69) is 5.32 Å². The van der Waals surface area contributed by atoms with Crippen LogP contribution in [0.5, 0.6) is 0 Å². The van der Waals surface area contributed by atoms with E-state index in [0.29, 0.717) is 18.7 Å². The number of nitrogens with one attached hydrogen (secondary N) is 1. The Morgan fingerprint density at radius 1 is 0.872 bits per heavy atom. The molecule has 1 atom stereocenters. The van der Waals surface area contributed by atoms with Crippen LogP contribution < -0.4 is 9.62 Å². The van der Waals surface area contributed by atoms with Gasteiger partial charge in [0.05, 0.1) is 11.9 Å². The molecular weight excluding hydrogens is 510 g/mol. The summed E-state index contributed by atoms with van der Waals surface area (Å²) in [7, 11) is -3.79. The number of benzene rings is 3. The Kier molecular flexibility index (Phi) is 10.3. The number of sulfonamides is 1. The van der Waals surface area contributed by atoms with Crippen molar-refractivity contribution < 1.29 is 18.0 Å². The van der Waals surface area contributed by atoms with Crippen LogP contribution in [-0.2, 0) is 32.6 Å². The number of aryl methyl sites for hydroxylation is 2. The van der Waals surface area contributed by atoms with Gasteiger partial charge in [-0.1, -0.05) is 92.2 Å². The fourth-order valence-corrected chi connectivity index (χ4v) is 5.33. The predicted octanol–water partition coefficient (Wildman–Crippen LogP) is 4.48. The van der Waals surface area contributed by atoms with E-state index in [9.17, 15) is 18.0 Å². The van der Waals surface area contributed by atoms with Gasteiger partial charge in [0, 0.05) is 19.5 Å². The van der Waals surface area contributed by atoms with Crippen LogP contribution in [-0.4, -0.2) is 50.5 Å². The molecule has 0 aromatic heterocycles. The van der Waals surface area contributed by atoms with E-state index in [1.54, 1.807) is 25.1 Å². The average molecular weight is 550 g/mol. The first-order valence-corrected chi connectivity index (χ1v) is 15.0. The number of hydrogen-bond acceptors (Lipinski definition) is 4. The third kappa shape index (κ3) is 8.68. The summed E-state index contributed by atoms with van der Waals surface area (Å²) in [5, 5.41) is 2.99. The van der Waals surface area contributed by atoms with E-state index in [0.717, 1.165) is 32.8 Å². The van der Waals surface area contributed by atoms with Gasteiger partial charge in [-0.15, -0.1) is 0 Å². The van der Waals surface area contributed by atoms with Crippen LogP contribution in [0.15, 0.2) is 78.9 Å². The SMILES string of the molecule is Cc1cccc(CN(C(=O)CN(c2ccccc2C)S(C)(=O)=O)[C@@H](Cc2ccccc2)C(=O)NCC(C)C)c1. The number of nitrogens with zero attached hydrogens (tertiary/aromatic N) is 2. The standard InChI is InChI=1S/C31H39N3O4S/c1-23(2)20-32-31(36)29(19-26-14-7-6-8-15-26)33(21-27-16-11-12-24(3)18-27)30(35)22-34(39(5,37)38)28-17-10-9-13-25(28)4/h6-18,23,29H,19-22H2,1-5H3,(H,32,36)/t29-/m0/s1. The third-order valence-corrected chi connectivity index (χ3v) is 7.58. The molecule has 0 saturated heterocycles. The summed E-state index contributed by atoms with van der Waals surface area (Å²) >= 11 is 0. The van der Waals surface area contributed by atoms with E-state index < -0.39 is 28.5 Å². The van der Waals surface area contributed by atoms with Gasteiger partial charge in [0.1, 0.15) is 12.6 Å². The van der Waals surface area contributed by atoms with Gasteiger partial charge in [-0.3, -0.25) is 13.9 Å². The Labute approximate surface area is 232 Å². The van der Waals surface area contributed by atoms with Gasteiger partial charge in [0.25, 0.3) is 0 Å². The minimum atomic E-state index is -3.79. The minimum Gasteiger partial charge on any atom is -0.354 e. The molecule has 2 amide bonds. The van der Waals surface area contributed by atoms with Gasteiger partial charge in [-0.25, -0.2) is 8.42 Å². The van der Waals surface area contributed by atoms with Gasteiger partial charge in [0.15, 0.2) is 0 Å². The molecule has 0 heterocycles. The second-order valence-corrected chi connectivity index (χ2v) is 12.3. The fraction of sp³-hybridized carbons (Fsp3) is 0.355. The maximum atomic E-state index is 14.1. The average Bonchev–Trinajstić information content (AvgIpc) is 2.88. The first-order valence-electron chi connectivity index (χ1n) is 13.2.